The van der Waals surface area contributed by atoms with Crippen LogP contribution in [0.2, 0.25) is 0 Å². The number of rotatable bonds is 11. The summed E-state index contributed by atoms with van der Waals surface area (Å²) >= 11 is 1.53. The Bertz CT molecular complexity index is 1390. The first-order valence-electron chi connectivity index (χ1n) is 16.3. The highest BCUT2D eigenvalue weighted by molar-refractivity contribution is 7.99. The van der Waals surface area contributed by atoms with Crippen LogP contribution in [-0.4, -0.2) is 94.7 Å². The number of ether oxygens (including phenoxy) is 1. The van der Waals surface area contributed by atoms with E-state index in [-0.39, 0.29) is 5.92 Å². The zero-order chi connectivity index (χ0) is 30.5. The summed E-state index contributed by atoms with van der Waals surface area (Å²) < 4.78 is 6.23. The molecule has 0 bridgehead atoms. The van der Waals surface area contributed by atoms with E-state index in [1.54, 1.807) is 0 Å². The third-order valence-electron chi connectivity index (χ3n) is 9.21. The van der Waals surface area contributed by atoms with E-state index in [1.165, 1.54) is 50.5 Å². The van der Waals surface area contributed by atoms with Gasteiger partial charge in [-0.05, 0) is 89.1 Å². The van der Waals surface area contributed by atoms with Gasteiger partial charge in [0.25, 0.3) is 0 Å². The van der Waals surface area contributed by atoms with Gasteiger partial charge < -0.3 is 19.9 Å². The lowest BCUT2D eigenvalue weighted by atomic mass is 9.97. The molecule has 3 fully saturated rings. The zero-order valence-electron chi connectivity index (χ0n) is 26.3. The molecule has 4 heterocycles. The molecule has 0 radical (unpaired) electrons. The van der Waals surface area contributed by atoms with Crippen molar-refractivity contribution in [3.63, 3.8) is 0 Å². The molecule has 1 aliphatic carbocycles. The lowest BCUT2D eigenvalue weighted by molar-refractivity contribution is -0.122. The fourth-order valence-electron chi connectivity index (χ4n) is 6.68. The summed E-state index contributed by atoms with van der Waals surface area (Å²) in [5.74, 6) is 3.40. The van der Waals surface area contributed by atoms with Gasteiger partial charge in [-0.1, -0.05) is 25.0 Å². The van der Waals surface area contributed by atoms with Crippen molar-refractivity contribution in [1.82, 2.24) is 30.0 Å². The van der Waals surface area contributed by atoms with Crippen LogP contribution in [-0.2, 0) is 11.2 Å². The second kappa shape index (κ2) is 14.3. The maximum absolute atomic E-state index is 12.7. The van der Waals surface area contributed by atoms with Gasteiger partial charge in [-0.3, -0.25) is 14.8 Å². The van der Waals surface area contributed by atoms with E-state index in [0.717, 1.165) is 61.0 Å². The number of hydrogen-bond donors (Lipinski definition) is 2. The predicted octanol–water partition coefficient (Wildman–Crippen LogP) is 5.32. The van der Waals surface area contributed by atoms with Crippen LogP contribution in [0.3, 0.4) is 0 Å². The highest BCUT2D eigenvalue weighted by Crippen LogP contribution is 2.39. The van der Waals surface area contributed by atoms with E-state index < -0.39 is 0 Å². The molecule has 2 N–H and O–H groups in total. The van der Waals surface area contributed by atoms with Crippen molar-refractivity contribution in [2.45, 2.75) is 74.9 Å². The molecule has 3 aromatic rings. The van der Waals surface area contributed by atoms with Crippen LogP contribution in [0.5, 0.6) is 5.75 Å². The number of hydrogen-bond acceptors (Lipinski definition) is 10. The lowest BCUT2D eigenvalue weighted by Gasteiger charge is -2.42. The van der Waals surface area contributed by atoms with Crippen molar-refractivity contribution >= 4 is 35.0 Å². The Balaban J connectivity index is 1.22. The van der Waals surface area contributed by atoms with Crippen molar-refractivity contribution < 1.29 is 9.53 Å². The average Bonchev–Trinajstić information content (AvgIpc) is 3.72. The molecule has 236 valence electrons. The van der Waals surface area contributed by atoms with Crippen molar-refractivity contribution in [1.29, 1.82) is 0 Å². The minimum Gasteiger partial charge on any atom is -0.487 e. The van der Waals surface area contributed by atoms with Crippen molar-refractivity contribution in [3.05, 3.63) is 41.6 Å². The molecule has 6 rings (SSSR count). The molecular weight excluding hydrogens is 572 g/mol. The summed E-state index contributed by atoms with van der Waals surface area (Å²) in [6, 6.07) is 10.9. The molecule has 2 saturated heterocycles. The second-order valence-electron chi connectivity index (χ2n) is 12.4. The van der Waals surface area contributed by atoms with Crippen LogP contribution in [0.15, 0.2) is 40.4 Å². The van der Waals surface area contributed by atoms with Crippen molar-refractivity contribution in [2.75, 3.05) is 63.1 Å². The standard InChI is InChI=1S/C33H46N8O2S/c1-4-43-30-31(34-29-21-23(2)37-38-29)35-33(44-27-11-9-24(10-12-27)22-28(42)25-7-5-6-8-25)36-32(30)41-19-17-40(18-20-41)26-13-15-39(3)16-14-26/h9-12,21,25-26H,4-8,13-20,22H2,1-3H3,(H2,34,35,36,37,38). The smallest absolute Gasteiger partial charge is 0.205 e. The summed E-state index contributed by atoms with van der Waals surface area (Å²) in [4.78, 5) is 31.2. The minimum absolute atomic E-state index is 0.246. The topological polar surface area (TPSA) is 103 Å². The monoisotopic (exact) mass is 618 g/mol. The number of carbonyl (C=O) groups excluding carboxylic acids is 1. The number of aromatic amines is 1. The number of aryl methyl sites for hydroxylation is 1. The molecular formula is C33H46N8O2S. The molecule has 2 aromatic heterocycles. The van der Waals surface area contributed by atoms with E-state index in [0.29, 0.717) is 47.4 Å². The Kier molecular flexibility index (Phi) is 10.0. The molecule has 2 aliphatic heterocycles. The molecule has 1 aromatic carbocycles. The Morgan fingerprint density at radius 1 is 1.02 bits per heavy atom. The van der Waals surface area contributed by atoms with Gasteiger partial charge in [0.1, 0.15) is 5.78 Å². The van der Waals surface area contributed by atoms with E-state index in [1.807, 2.05) is 19.9 Å². The average molecular weight is 619 g/mol. The van der Waals surface area contributed by atoms with Gasteiger partial charge in [-0.2, -0.15) is 5.10 Å². The number of nitrogens with zero attached hydrogens (tertiary/aromatic N) is 6. The van der Waals surface area contributed by atoms with E-state index in [4.69, 9.17) is 14.7 Å². The number of carbonyl (C=O) groups is 1. The van der Waals surface area contributed by atoms with Crippen LogP contribution in [0.4, 0.5) is 17.5 Å². The first-order valence-corrected chi connectivity index (χ1v) is 17.1. The third-order valence-corrected chi connectivity index (χ3v) is 10.1. The van der Waals surface area contributed by atoms with E-state index in [2.05, 4.69) is 61.5 Å². The third kappa shape index (κ3) is 7.55. The summed E-state index contributed by atoms with van der Waals surface area (Å²) in [6.45, 7) is 10.6. The number of Topliss-reactive ketones (excluding diaryl/α,β-unsaturated/α-hetero) is 1. The number of nitrogens with one attached hydrogen (secondary N) is 2. The maximum atomic E-state index is 12.7. The van der Waals surface area contributed by atoms with Gasteiger partial charge in [0.2, 0.25) is 5.75 Å². The first-order chi connectivity index (χ1) is 21.4. The van der Waals surface area contributed by atoms with Gasteiger partial charge in [-0.25, -0.2) is 9.97 Å². The molecule has 3 aliphatic rings. The maximum Gasteiger partial charge on any atom is 0.205 e. The SMILES string of the molecule is CCOc1c(Nc2cc(C)[nH]n2)nc(Sc2ccc(CC(=O)C3CCCC3)cc2)nc1N1CCN(C2CCN(C)CC2)CC1. The van der Waals surface area contributed by atoms with Crippen molar-refractivity contribution in [2.24, 2.45) is 5.92 Å². The van der Waals surface area contributed by atoms with E-state index >= 15 is 0 Å². The summed E-state index contributed by atoms with van der Waals surface area (Å²) in [6.07, 6.45) is 7.44. The molecule has 0 unspecified atom stereocenters. The summed E-state index contributed by atoms with van der Waals surface area (Å²) in [5.41, 5.74) is 2.03. The molecule has 10 nitrogen and oxygen atoms in total. The molecule has 11 heteroatoms. The van der Waals surface area contributed by atoms with Crippen LogP contribution in [0.1, 0.15) is 56.7 Å². The van der Waals surface area contributed by atoms with Crippen LogP contribution < -0.4 is 15.0 Å². The summed E-state index contributed by atoms with van der Waals surface area (Å²) in [7, 11) is 2.22. The van der Waals surface area contributed by atoms with E-state index in [9.17, 15) is 4.79 Å². The van der Waals surface area contributed by atoms with Crippen LogP contribution >= 0.6 is 11.8 Å². The molecule has 0 spiro atoms. The van der Waals surface area contributed by atoms with Crippen LogP contribution in [0.25, 0.3) is 0 Å². The molecule has 0 amide bonds. The fraction of sp³-hybridized carbons (Fsp3) is 0.576. The van der Waals surface area contributed by atoms with Gasteiger partial charge in [-0.15, -0.1) is 0 Å². The number of H-pyrrole nitrogens is 1. The largest absolute Gasteiger partial charge is 0.487 e. The van der Waals surface area contributed by atoms with Gasteiger partial charge in [0, 0.05) is 61.2 Å². The number of piperazine rings is 1. The number of likely N-dealkylation sites (tertiary alicyclic amines) is 1. The Labute approximate surface area is 265 Å². The number of aromatic nitrogens is 4. The number of anilines is 3. The Morgan fingerprint density at radius 3 is 2.41 bits per heavy atom. The van der Waals surface area contributed by atoms with Crippen LogP contribution in [0, 0.1) is 12.8 Å². The predicted molar refractivity (Wildman–Crippen MR) is 175 cm³/mol. The van der Waals surface area contributed by atoms with Crippen molar-refractivity contribution in [3.8, 4) is 5.75 Å². The van der Waals surface area contributed by atoms with Gasteiger partial charge in [0.15, 0.2) is 22.6 Å². The normalized spacial score (nSPS) is 19.0. The number of ketones is 1. The lowest BCUT2D eigenvalue weighted by Crippen LogP contribution is -2.53. The molecule has 44 heavy (non-hydrogen) atoms. The zero-order valence-corrected chi connectivity index (χ0v) is 27.2. The Hall–Kier alpha value is -3.15. The second-order valence-corrected chi connectivity index (χ2v) is 13.5. The van der Waals surface area contributed by atoms with Gasteiger partial charge in [0.05, 0.1) is 6.61 Å². The number of piperidine rings is 1. The Morgan fingerprint density at radius 2 is 1.75 bits per heavy atom. The highest BCUT2D eigenvalue weighted by atomic mass is 32.2. The fourth-order valence-corrected chi connectivity index (χ4v) is 7.43. The molecule has 0 atom stereocenters. The summed E-state index contributed by atoms with van der Waals surface area (Å²) in [5, 5.41) is 11.4. The highest BCUT2D eigenvalue weighted by Gasteiger charge is 2.30. The number of benzene rings is 1. The van der Waals surface area contributed by atoms with Gasteiger partial charge >= 0.3 is 0 Å². The first kappa shape index (κ1) is 30.9. The molecule has 1 saturated carbocycles. The quantitative estimate of drug-likeness (QED) is 0.275. The minimum atomic E-state index is 0.246.